The Balaban J connectivity index is 1.39. The van der Waals surface area contributed by atoms with Gasteiger partial charge in [0.1, 0.15) is 0 Å². The molecule has 0 amide bonds. The van der Waals surface area contributed by atoms with E-state index < -0.39 is 58.2 Å². The molecule has 0 nitrogen and oxygen atoms in total. The predicted molar refractivity (Wildman–Crippen MR) is 337 cm³/mol. The van der Waals surface area contributed by atoms with Crippen molar-refractivity contribution in [3.63, 3.8) is 0 Å². The molecule has 0 saturated heterocycles. The zero-order valence-electron chi connectivity index (χ0n) is 47.6. The van der Waals surface area contributed by atoms with Crippen LogP contribution in [0.1, 0.15) is 96.0 Å². The maximum atomic E-state index is 9.54. The van der Waals surface area contributed by atoms with E-state index in [2.05, 4.69) is 249 Å². The van der Waals surface area contributed by atoms with E-state index in [-0.39, 0.29) is 18.1 Å². The van der Waals surface area contributed by atoms with Gasteiger partial charge in [-0.15, -0.1) is 0 Å². The van der Waals surface area contributed by atoms with Gasteiger partial charge in [0.25, 0.3) is 0 Å². The molecule has 2 unspecified atom stereocenters. The molecule has 0 N–H and O–H groups in total. The molecule has 1 heterocycles. The second-order valence-corrected chi connectivity index (χ2v) is 71.3. The molecule has 3 aliphatic rings. The standard InChI is InChI=1S/2C26H37Si2.C12H9Si.2ClH.Zr/c2*1-18-13-19-11-12-24(26(2,3)4)25(23(19)14-18)20-15-21(27(5,6)7)17-22(16-20)28(8,9)10;1-3-7-11-9(5-1)10-6-2-4-8-12(10)13-11;;;/h2*11-17H,1-10H3;1-7H,13H2;2*1H;/q;;;;;+2/p-2. The van der Waals surface area contributed by atoms with Crippen molar-refractivity contribution in [2.24, 2.45) is 0 Å². The van der Waals surface area contributed by atoms with Gasteiger partial charge >= 0.3 is 455 Å². The van der Waals surface area contributed by atoms with Gasteiger partial charge in [-0.1, -0.05) is 0 Å². The summed E-state index contributed by atoms with van der Waals surface area (Å²) in [6, 6.07) is 41.6. The molecule has 8 heteroatoms. The third-order valence-corrected chi connectivity index (χ3v) is 48.1. The molecule has 0 saturated carbocycles. The first kappa shape index (κ1) is 54.1. The van der Waals surface area contributed by atoms with Crippen molar-refractivity contribution in [1.29, 1.82) is 0 Å². The summed E-state index contributed by atoms with van der Waals surface area (Å²) in [6.07, 6.45) is 5.10. The molecule has 2 aliphatic carbocycles. The van der Waals surface area contributed by atoms with E-state index in [1.165, 1.54) is 112 Å². The SMILES string of the molecule is CC1=Cc2c(ccc(C(C)(C)C)c2-c2cc([Si](C)(C)C)cc([Si](C)(C)C)c2)[CH]1[Zr]([Cl])([Cl])([c]1cccc2c1[SiH2]c1ccccc1-2)[CH]1C(C)=Cc2c1ccc(C(C)(C)C)c2-c1cc([Si](C)(C)C)cc([Si](C)(C)C)c1. The Labute approximate surface area is 450 Å². The van der Waals surface area contributed by atoms with Gasteiger partial charge in [-0.25, -0.2) is 0 Å². The number of halogens is 2. The van der Waals surface area contributed by atoms with Crippen LogP contribution >= 0.6 is 17.0 Å². The monoisotopic (exact) mass is 1150 g/mol. The van der Waals surface area contributed by atoms with Gasteiger partial charge in [0, 0.05) is 0 Å². The molecule has 1 aliphatic heterocycles. The normalized spacial score (nSPS) is 18.1. The zero-order chi connectivity index (χ0) is 52.9. The minimum atomic E-state index is -5.75. The van der Waals surface area contributed by atoms with E-state index in [1.54, 1.807) is 0 Å². The van der Waals surface area contributed by atoms with Crippen molar-refractivity contribution < 1.29 is 16.4 Å². The van der Waals surface area contributed by atoms with Crippen molar-refractivity contribution in [1.82, 2.24) is 0 Å². The molecule has 0 radical (unpaired) electrons. The first-order valence-electron chi connectivity index (χ1n) is 26.8. The van der Waals surface area contributed by atoms with Crippen LogP contribution in [0.15, 0.2) is 114 Å². The van der Waals surface area contributed by atoms with Gasteiger partial charge in [-0.3, -0.25) is 0 Å². The van der Waals surface area contributed by atoms with Crippen LogP contribution in [-0.4, -0.2) is 41.8 Å². The quantitative estimate of drug-likeness (QED) is 0.126. The fourth-order valence-electron chi connectivity index (χ4n) is 12.8. The summed E-state index contributed by atoms with van der Waals surface area (Å²) in [4.78, 5) is 0. The summed E-state index contributed by atoms with van der Waals surface area (Å²) in [5.74, 6) is 0. The Morgan fingerprint density at radius 2 is 0.833 bits per heavy atom. The summed E-state index contributed by atoms with van der Waals surface area (Å²) in [5.41, 5.74) is 18.7. The molecule has 6 aromatic rings. The minimum absolute atomic E-state index is 0.0940. The maximum absolute atomic E-state index is 9.54. The second kappa shape index (κ2) is 17.7. The summed E-state index contributed by atoms with van der Waals surface area (Å²) in [7, 11) is 11.4. The summed E-state index contributed by atoms with van der Waals surface area (Å²) in [6.45, 7) is 49.2. The Kier molecular flexibility index (Phi) is 13.3. The molecule has 72 heavy (non-hydrogen) atoms. The fourth-order valence-corrected chi connectivity index (χ4v) is 46.6. The van der Waals surface area contributed by atoms with Crippen LogP contribution in [0.3, 0.4) is 0 Å². The van der Waals surface area contributed by atoms with Gasteiger partial charge in [0.15, 0.2) is 0 Å². The summed E-state index contributed by atoms with van der Waals surface area (Å²) in [5, 5.41) is 9.12. The van der Waals surface area contributed by atoms with E-state index >= 15 is 0 Å². The van der Waals surface area contributed by atoms with Gasteiger partial charge in [-0.2, -0.15) is 0 Å². The van der Waals surface area contributed by atoms with E-state index in [0.717, 1.165) is 0 Å². The molecular formula is C64H83Cl2Si5Zr. The van der Waals surface area contributed by atoms with Crippen LogP contribution < -0.4 is 34.4 Å². The number of hydrogen-bond acceptors (Lipinski definition) is 0. The van der Waals surface area contributed by atoms with E-state index in [1.807, 2.05) is 0 Å². The van der Waals surface area contributed by atoms with Crippen molar-refractivity contribution >= 4 is 105 Å². The topological polar surface area (TPSA) is 0 Å². The molecular weight excluding hydrogens is 1070 g/mol. The van der Waals surface area contributed by atoms with E-state index in [9.17, 15) is 17.0 Å². The van der Waals surface area contributed by atoms with Crippen molar-refractivity contribution in [3.05, 3.63) is 148 Å². The molecule has 6 aromatic carbocycles. The number of benzene rings is 6. The van der Waals surface area contributed by atoms with Crippen LogP contribution in [0.5, 0.6) is 0 Å². The predicted octanol–water partition coefficient (Wildman–Crippen LogP) is 14.8. The third kappa shape index (κ3) is 9.11. The van der Waals surface area contributed by atoms with Gasteiger partial charge in [0.2, 0.25) is 0 Å². The van der Waals surface area contributed by atoms with Gasteiger partial charge in [0.05, 0.1) is 0 Å². The molecule has 2 atom stereocenters. The van der Waals surface area contributed by atoms with Crippen molar-refractivity contribution in [2.75, 3.05) is 0 Å². The molecule has 0 fully saturated rings. The Morgan fingerprint density at radius 3 is 1.21 bits per heavy atom. The molecule has 377 valence electrons. The van der Waals surface area contributed by atoms with Crippen LogP contribution in [0.4, 0.5) is 0 Å². The molecule has 0 aromatic heterocycles. The van der Waals surface area contributed by atoms with Crippen molar-refractivity contribution in [3.8, 4) is 33.4 Å². The van der Waals surface area contributed by atoms with Gasteiger partial charge in [-0.05, 0) is 0 Å². The third-order valence-electron chi connectivity index (χ3n) is 16.8. The average Bonchev–Trinajstić information content (AvgIpc) is 3.93. The second-order valence-electron chi connectivity index (χ2n) is 28.5. The average molecular weight is 1150 g/mol. The Bertz CT molecular complexity index is 3060. The molecule has 9 rings (SSSR count). The van der Waals surface area contributed by atoms with E-state index in [4.69, 9.17) is 0 Å². The molecule has 0 spiro atoms. The van der Waals surface area contributed by atoms with Crippen LogP contribution in [0.2, 0.25) is 78.6 Å². The number of allylic oxidation sites excluding steroid dienone is 2. The van der Waals surface area contributed by atoms with Crippen LogP contribution in [0.25, 0.3) is 45.5 Å². The summed E-state index contributed by atoms with van der Waals surface area (Å²) >= 11 is -5.75. The Morgan fingerprint density at radius 1 is 0.458 bits per heavy atom. The number of hydrogen-bond donors (Lipinski definition) is 0. The van der Waals surface area contributed by atoms with Gasteiger partial charge < -0.3 is 0 Å². The zero-order valence-corrected chi connectivity index (χ0v) is 57.0. The Hall–Kier alpha value is -2.65. The number of fused-ring (bicyclic) bond motifs is 5. The number of rotatable bonds is 9. The van der Waals surface area contributed by atoms with Crippen LogP contribution in [-0.2, 0) is 27.2 Å². The fraction of sp³-hybridized carbons (Fsp3) is 0.375. The van der Waals surface area contributed by atoms with Crippen LogP contribution in [0, 0.1) is 0 Å². The van der Waals surface area contributed by atoms with E-state index in [0.29, 0.717) is 0 Å². The first-order chi connectivity index (χ1) is 33.0. The van der Waals surface area contributed by atoms with Crippen molar-refractivity contribution in [2.45, 2.75) is 152 Å². The first-order valence-corrected chi connectivity index (χ1v) is 52.6. The molecule has 0 bridgehead atoms. The summed E-state index contributed by atoms with van der Waals surface area (Å²) < 4.78 is 1.01.